The van der Waals surface area contributed by atoms with Crippen molar-refractivity contribution in [3.05, 3.63) is 224 Å². The Labute approximate surface area is 382 Å². The molecule has 0 radical (unpaired) electrons. The molecule has 0 aliphatic carbocycles. The summed E-state index contributed by atoms with van der Waals surface area (Å²) in [6.07, 6.45) is 12.0. The Morgan fingerprint density at radius 1 is 0.455 bits per heavy atom. The van der Waals surface area contributed by atoms with Crippen LogP contribution in [0.4, 0.5) is 34.1 Å². The van der Waals surface area contributed by atoms with Crippen LogP contribution in [0.3, 0.4) is 0 Å². The zero-order chi connectivity index (χ0) is 44.5. The van der Waals surface area contributed by atoms with E-state index in [1.165, 1.54) is 21.5 Å². The summed E-state index contributed by atoms with van der Waals surface area (Å²) in [6.45, 7) is 12.4. The largest absolute Gasteiger partial charge is 0.454 e. The smallest absolute Gasteiger partial charge is 0.160 e. The minimum atomic E-state index is 0.748. The third-order valence-corrected chi connectivity index (χ3v) is 13.1. The van der Waals surface area contributed by atoms with Crippen molar-refractivity contribution in [2.75, 3.05) is 9.80 Å². The summed E-state index contributed by atoms with van der Waals surface area (Å²) < 4.78 is 13.8. The van der Waals surface area contributed by atoms with Crippen LogP contribution in [-0.2, 0) is 0 Å². The quantitative estimate of drug-likeness (QED) is 0.101. The molecule has 10 aromatic carbocycles. The summed E-state index contributed by atoms with van der Waals surface area (Å²) in [5.74, 6) is 0.748. The van der Waals surface area contributed by atoms with Crippen molar-refractivity contribution in [3.63, 3.8) is 0 Å². The summed E-state index contributed by atoms with van der Waals surface area (Å²) in [6, 6.07) is 61.0. The molecule has 0 atom stereocenters. The van der Waals surface area contributed by atoms with Gasteiger partial charge in [0, 0.05) is 43.9 Å². The van der Waals surface area contributed by atoms with Crippen molar-refractivity contribution < 1.29 is 8.83 Å². The summed E-state index contributed by atoms with van der Waals surface area (Å²) in [4.78, 5) is 4.75. The summed E-state index contributed by atoms with van der Waals surface area (Å²) in [5, 5.41) is 12.5. The fraction of sp³-hybridized carbons (Fsp3) is 0.0323. The maximum atomic E-state index is 6.90. The van der Waals surface area contributed by atoms with E-state index in [-0.39, 0.29) is 0 Å². The average molecular weight is 849 g/mol. The first-order chi connectivity index (χ1) is 32.6. The van der Waals surface area contributed by atoms with Gasteiger partial charge in [0.05, 0.1) is 22.7 Å². The molecule has 0 aliphatic rings. The molecule has 2 heterocycles. The number of furan rings is 2. The Hall–Kier alpha value is -8.60. The maximum Gasteiger partial charge on any atom is 0.160 e. The van der Waals surface area contributed by atoms with Gasteiger partial charge < -0.3 is 18.6 Å². The van der Waals surface area contributed by atoms with Gasteiger partial charge in [-0.3, -0.25) is 0 Å². The second kappa shape index (κ2) is 15.6. The number of allylic oxidation sites excluding steroid dienone is 3. The summed E-state index contributed by atoms with van der Waals surface area (Å²) in [7, 11) is 0. The standard InChI is InChI=1S/C62H44N2O2/c1-5-8-25-45-39(4)37-53(61-59(45)50-27-17-18-28-56(50)66-61)63(43-21-11-9-12-22-43)51-35-31-40-30-34-48-52(36-32-41-29-33-47(51)57(40)58(41)48)64(44-23-13-10-14-24-44)54-38-42-20-15-16-26-46(42)60-49(19-6-2)55(7-3)65-62(54)60/h5-38H,1,3H2,2,4H3. The van der Waals surface area contributed by atoms with E-state index in [4.69, 9.17) is 8.83 Å². The molecule has 0 fully saturated rings. The van der Waals surface area contributed by atoms with Gasteiger partial charge >= 0.3 is 0 Å². The molecule has 314 valence electrons. The molecular weight excluding hydrogens is 805 g/mol. The van der Waals surface area contributed by atoms with E-state index in [0.29, 0.717) is 0 Å². The Morgan fingerprint density at radius 3 is 1.62 bits per heavy atom. The van der Waals surface area contributed by atoms with Gasteiger partial charge in [0.1, 0.15) is 11.3 Å². The Morgan fingerprint density at radius 2 is 1.00 bits per heavy atom. The number of benzene rings is 10. The Balaban J connectivity index is 1.15. The van der Waals surface area contributed by atoms with E-state index in [1.807, 2.05) is 31.2 Å². The fourth-order valence-electron chi connectivity index (χ4n) is 10.3. The number of nitrogens with zero attached hydrogens (tertiary/aromatic N) is 2. The van der Waals surface area contributed by atoms with Crippen LogP contribution in [0.15, 0.2) is 210 Å². The van der Waals surface area contributed by atoms with Crippen molar-refractivity contribution in [1.82, 2.24) is 0 Å². The predicted octanol–water partition coefficient (Wildman–Crippen LogP) is 18.5. The van der Waals surface area contributed by atoms with Crippen LogP contribution in [0.1, 0.15) is 29.4 Å². The van der Waals surface area contributed by atoms with Gasteiger partial charge in [-0.25, -0.2) is 0 Å². The highest BCUT2D eigenvalue weighted by atomic mass is 16.3. The van der Waals surface area contributed by atoms with Crippen molar-refractivity contribution in [3.8, 4) is 0 Å². The van der Waals surface area contributed by atoms with Gasteiger partial charge in [-0.05, 0) is 118 Å². The first-order valence-corrected chi connectivity index (χ1v) is 22.4. The molecule has 0 saturated carbocycles. The van der Waals surface area contributed by atoms with E-state index >= 15 is 0 Å². The lowest BCUT2D eigenvalue weighted by Gasteiger charge is -2.29. The molecule has 12 aromatic rings. The zero-order valence-corrected chi connectivity index (χ0v) is 36.8. The van der Waals surface area contributed by atoms with Crippen molar-refractivity contribution in [2.24, 2.45) is 0 Å². The van der Waals surface area contributed by atoms with Crippen molar-refractivity contribution in [2.45, 2.75) is 13.8 Å². The molecule has 0 saturated heterocycles. The lowest BCUT2D eigenvalue weighted by molar-refractivity contribution is 0.604. The highest BCUT2D eigenvalue weighted by Gasteiger charge is 2.27. The predicted molar refractivity (Wildman–Crippen MR) is 283 cm³/mol. The van der Waals surface area contributed by atoms with E-state index < -0.39 is 0 Å². The third-order valence-electron chi connectivity index (χ3n) is 13.1. The van der Waals surface area contributed by atoms with E-state index in [1.54, 1.807) is 0 Å². The fourth-order valence-corrected chi connectivity index (χ4v) is 10.3. The van der Waals surface area contributed by atoms with Crippen LogP contribution >= 0.6 is 0 Å². The van der Waals surface area contributed by atoms with Crippen LogP contribution in [0, 0.1) is 6.92 Å². The van der Waals surface area contributed by atoms with Crippen molar-refractivity contribution >= 4 is 128 Å². The number of aryl methyl sites for hydroxylation is 1. The third kappa shape index (κ3) is 5.92. The Kier molecular flexibility index (Phi) is 9.21. The zero-order valence-electron chi connectivity index (χ0n) is 36.8. The minimum absolute atomic E-state index is 0.748. The molecule has 0 amide bonds. The molecule has 0 spiro atoms. The minimum Gasteiger partial charge on any atom is -0.454 e. The monoisotopic (exact) mass is 848 g/mol. The molecule has 12 rings (SSSR count). The highest BCUT2D eigenvalue weighted by molar-refractivity contribution is 6.29. The molecule has 4 heteroatoms. The van der Waals surface area contributed by atoms with Gasteiger partial charge in [0.15, 0.2) is 11.2 Å². The number of hydrogen-bond donors (Lipinski definition) is 0. The second-order valence-electron chi connectivity index (χ2n) is 16.9. The molecular formula is C62H44N2O2. The topological polar surface area (TPSA) is 32.8 Å². The summed E-state index contributed by atoms with van der Waals surface area (Å²) in [5.41, 5.74) is 11.9. The van der Waals surface area contributed by atoms with Crippen LogP contribution in [0.25, 0.3) is 94.2 Å². The number of hydrogen-bond acceptors (Lipinski definition) is 4. The van der Waals surface area contributed by atoms with Gasteiger partial charge in [0.2, 0.25) is 0 Å². The second-order valence-corrected chi connectivity index (χ2v) is 16.9. The first kappa shape index (κ1) is 39.0. The van der Waals surface area contributed by atoms with Crippen LogP contribution < -0.4 is 9.80 Å². The number of para-hydroxylation sites is 3. The van der Waals surface area contributed by atoms with Gasteiger partial charge in [-0.2, -0.15) is 0 Å². The van der Waals surface area contributed by atoms with E-state index in [2.05, 4.69) is 212 Å². The highest BCUT2D eigenvalue weighted by Crippen LogP contribution is 2.51. The molecule has 0 unspecified atom stereocenters. The molecule has 0 aliphatic heterocycles. The first-order valence-electron chi connectivity index (χ1n) is 22.4. The van der Waals surface area contributed by atoms with Gasteiger partial charge in [-0.1, -0.05) is 159 Å². The van der Waals surface area contributed by atoms with E-state index in [9.17, 15) is 0 Å². The van der Waals surface area contributed by atoms with Crippen LogP contribution in [0.2, 0.25) is 0 Å². The lowest BCUT2D eigenvalue weighted by Crippen LogP contribution is -2.12. The number of fused-ring (bicyclic) bond motifs is 6. The SMILES string of the molecule is C=CC=Cc1c(C)cc(N(c2ccccc2)c2ccc3ccc4c(N(c5ccccc5)c5cc6ccccc6c6c(C=CC)c(C=C)oc56)ccc5ccc2c3c54)c2oc3ccccc3c12. The maximum absolute atomic E-state index is 6.90. The van der Waals surface area contributed by atoms with Crippen LogP contribution in [-0.4, -0.2) is 0 Å². The number of anilines is 6. The molecule has 66 heavy (non-hydrogen) atoms. The normalized spacial score (nSPS) is 12.1. The van der Waals surface area contributed by atoms with Gasteiger partial charge in [0.25, 0.3) is 0 Å². The van der Waals surface area contributed by atoms with Gasteiger partial charge in [-0.15, -0.1) is 0 Å². The molecule has 4 nitrogen and oxygen atoms in total. The van der Waals surface area contributed by atoms with E-state index in [0.717, 1.165) is 111 Å². The lowest BCUT2D eigenvalue weighted by atomic mass is 9.91. The average Bonchev–Trinajstić information content (AvgIpc) is 3.94. The van der Waals surface area contributed by atoms with Crippen molar-refractivity contribution in [1.29, 1.82) is 0 Å². The van der Waals surface area contributed by atoms with Crippen LogP contribution in [0.5, 0.6) is 0 Å². The number of rotatable bonds is 10. The molecule has 0 N–H and O–H groups in total. The Bertz CT molecular complexity index is 3940. The molecule has 2 aromatic heterocycles. The summed E-state index contributed by atoms with van der Waals surface area (Å²) >= 11 is 0. The molecule has 0 bridgehead atoms.